The highest BCUT2D eigenvalue weighted by atomic mass is 16.3. The van der Waals surface area contributed by atoms with E-state index in [1.807, 2.05) is 6.07 Å². The number of phenols is 1. The molecule has 20 heavy (non-hydrogen) atoms. The number of aryl methyl sites for hydroxylation is 1. The average Bonchev–Trinajstić information content (AvgIpc) is 2.39. The maximum Gasteiger partial charge on any atom is 0.124 e. The maximum absolute atomic E-state index is 10.6. The molecule has 0 aliphatic heterocycles. The summed E-state index contributed by atoms with van der Waals surface area (Å²) in [5, 5.41) is 20.1. The van der Waals surface area contributed by atoms with Gasteiger partial charge < -0.3 is 10.2 Å². The lowest BCUT2D eigenvalue weighted by Crippen LogP contribution is -2.48. The van der Waals surface area contributed by atoms with Gasteiger partial charge in [-0.05, 0) is 68.6 Å². The predicted molar refractivity (Wildman–Crippen MR) is 78.6 cm³/mol. The van der Waals surface area contributed by atoms with Gasteiger partial charge >= 0.3 is 0 Å². The van der Waals surface area contributed by atoms with Crippen LogP contribution in [0.1, 0.15) is 55.2 Å². The smallest absolute Gasteiger partial charge is 0.124 e. The molecule has 0 saturated heterocycles. The minimum Gasteiger partial charge on any atom is -0.507 e. The molecule has 0 amide bonds. The van der Waals surface area contributed by atoms with Crippen LogP contribution in [0.5, 0.6) is 5.75 Å². The van der Waals surface area contributed by atoms with Gasteiger partial charge in [0.15, 0.2) is 0 Å². The van der Waals surface area contributed by atoms with Gasteiger partial charge in [-0.3, -0.25) is 0 Å². The van der Waals surface area contributed by atoms with Crippen LogP contribution in [0.25, 0.3) is 0 Å². The van der Waals surface area contributed by atoms with Crippen LogP contribution >= 0.6 is 0 Å². The van der Waals surface area contributed by atoms with Gasteiger partial charge in [0.2, 0.25) is 0 Å². The van der Waals surface area contributed by atoms with Crippen LogP contribution in [0.15, 0.2) is 12.1 Å². The van der Waals surface area contributed by atoms with E-state index in [2.05, 4.69) is 13.0 Å². The molecule has 4 aliphatic carbocycles. The van der Waals surface area contributed by atoms with E-state index in [9.17, 15) is 10.2 Å². The number of aromatic hydroxyl groups is 1. The molecular formula is C18H24O2. The number of rotatable bonds is 2. The first-order valence-electron chi connectivity index (χ1n) is 8.03. The SMILES string of the molecule is Cc1cc(CO)c(O)c(C23CC4CC(CC(C4)C2)C3)c1. The Bertz CT molecular complexity index is 511. The molecule has 2 heteroatoms. The van der Waals surface area contributed by atoms with Crippen molar-refractivity contribution in [1.29, 1.82) is 0 Å². The van der Waals surface area contributed by atoms with Crippen LogP contribution in [-0.2, 0) is 12.0 Å². The standard InChI is InChI=1S/C18H24O2/c1-11-2-15(10-19)17(20)16(3-11)18-7-12-4-13(8-18)6-14(5-12)9-18/h2-3,12-14,19-20H,4-10H2,1H3. The summed E-state index contributed by atoms with van der Waals surface area (Å²) in [5.41, 5.74) is 3.21. The first-order valence-corrected chi connectivity index (χ1v) is 8.03. The summed E-state index contributed by atoms with van der Waals surface area (Å²) >= 11 is 0. The van der Waals surface area contributed by atoms with E-state index in [0.29, 0.717) is 11.3 Å². The fourth-order valence-electron chi connectivity index (χ4n) is 5.82. The Morgan fingerprint density at radius 3 is 2.10 bits per heavy atom. The van der Waals surface area contributed by atoms with E-state index < -0.39 is 0 Å². The Balaban J connectivity index is 1.82. The first kappa shape index (κ1) is 12.7. The topological polar surface area (TPSA) is 40.5 Å². The Morgan fingerprint density at radius 2 is 1.60 bits per heavy atom. The van der Waals surface area contributed by atoms with Crippen LogP contribution in [0.3, 0.4) is 0 Å². The zero-order chi connectivity index (χ0) is 13.9. The summed E-state index contributed by atoms with van der Waals surface area (Å²) in [7, 11) is 0. The zero-order valence-electron chi connectivity index (χ0n) is 12.2. The van der Waals surface area contributed by atoms with Crippen molar-refractivity contribution in [2.75, 3.05) is 0 Å². The normalized spacial score (nSPS) is 38.4. The average molecular weight is 272 g/mol. The summed E-state index contributed by atoms with van der Waals surface area (Å²) in [5.74, 6) is 3.00. The fraction of sp³-hybridized carbons (Fsp3) is 0.667. The molecule has 0 aromatic heterocycles. The molecule has 4 saturated carbocycles. The third-order valence-electron chi connectivity index (χ3n) is 6.11. The van der Waals surface area contributed by atoms with E-state index >= 15 is 0 Å². The van der Waals surface area contributed by atoms with Gasteiger partial charge in [0, 0.05) is 11.1 Å². The third-order valence-corrected chi connectivity index (χ3v) is 6.11. The molecule has 0 atom stereocenters. The summed E-state index contributed by atoms with van der Waals surface area (Å²) in [6.45, 7) is 2.01. The van der Waals surface area contributed by atoms with Gasteiger partial charge in [-0.1, -0.05) is 17.7 Å². The van der Waals surface area contributed by atoms with Crippen LogP contribution in [0, 0.1) is 24.7 Å². The molecule has 0 unspecified atom stereocenters. The van der Waals surface area contributed by atoms with Gasteiger partial charge in [0.1, 0.15) is 5.75 Å². The lowest BCUT2D eigenvalue weighted by molar-refractivity contribution is -0.00625. The summed E-state index contributed by atoms with van der Waals surface area (Å²) in [6.07, 6.45) is 8.00. The molecule has 0 heterocycles. The van der Waals surface area contributed by atoms with E-state index in [4.69, 9.17) is 0 Å². The molecule has 5 rings (SSSR count). The molecule has 4 aliphatic rings. The van der Waals surface area contributed by atoms with Gasteiger partial charge in [-0.15, -0.1) is 0 Å². The molecular weight excluding hydrogens is 248 g/mol. The molecule has 2 N–H and O–H groups in total. The van der Waals surface area contributed by atoms with Crippen LogP contribution in [0.4, 0.5) is 0 Å². The molecule has 108 valence electrons. The summed E-state index contributed by atoms with van der Waals surface area (Å²) in [6, 6.07) is 4.10. The number of hydrogen-bond acceptors (Lipinski definition) is 2. The van der Waals surface area contributed by atoms with Gasteiger partial charge in [-0.2, -0.15) is 0 Å². The molecule has 0 radical (unpaired) electrons. The highest BCUT2D eigenvalue weighted by Crippen LogP contribution is 2.62. The number of hydrogen-bond donors (Lipinski definition) is 2. The fourth-order valence-corrected chi connectivity index (χ4v) is 5.82. The van der Waals surface area contributed by atoms with Gasteiger partial charge in [0.25, 0.3) is 0 Å². The number of aliphatic hydroxyl groups excluding tert-OH is 1. The summed E-state index contributed by atoms with van der Waals surface area (Å²) in [4.78, 5) is 0. The highest BCUT2D eigenvalue weighted by Gasteiger charge is 2.52. The Hall–Kier alpha value is -1.02. The van der Waals surface area contributed by atoms with Gasteiger partial charge in [-0.25, -0.2) is 0 Å². The predicted octanol–water partition coefficient (Wildman–Crippen LogP) is 3.66. The second-order valence-corrected chi connectivity index (χ2v) is 7.68. The van der Waals surface area contributed by atoms with Crippen LogP contribution in [-0.4, -0.2) is 10.2 Å². The van der Waals surface area contributed by atoms with Crippen molar-refractivity contribution in [2.24, 2.45) is 17.8 Å². The van der Waals surface area contributed by atoms with Crippen molar-refractivity contribution in [3.63, 3.8) is 0 Å². The highest BCUT2D eigenvalue weighted by molar-refractivity contribution is 5.48. The van der Waals surface area contributed by atoms with E-state index in [0.717, 1.165) is 28.9 Å². The second kappa shape index (κ2) is 4.24. The van der Waals surface area contributed by atoms with Crippen molar-refractivity contribution < 1.29 is 10.2 Å². The largest absolute Gasteiger partial charge is 0.507 e. The van der Waals surface area contributed by atoms with E-state index in [1.54, 1.807) is 0 Å². The van der Waals surface area contributed by atoms with Crippen molar-refractivity contribution >= 4 is 0 Å². The first-order chi connectivity index (χ1) is 9.59. The molecule has 1 aromatic rings. The Labute approximate surface area is 120 Å². The number of benzene rings is 1. The molecule has 4 fully saturated rings. The van der Waals surface area contributed by atoms with E-state index in [1.165, 1.54) is 38.5 Å². The summed E-state index contributed by atoms with van der Waals surface area (Å²) < 4.78 is 0. The quantitative estimate of drug-likeness (QED) is 0.862. The van der Waals surface area contributed by atoms with Crippen molar-refractivity contribution in [3.8, 4) is 5.75 Å². The third kappa shape index (κ3) is 1.74. The van der Waals surface area contributed by atoms with Gasteiger partial charge in [0.05, 0.1) is 6.61 Å². The molecule has 2 nitrogen and oxygen atoms in total. The number of aliphatic hydroxyl groups is 1. The van der Waals surface area contributed by atoms with Crippen molar-refractivity contribution in [3.05, 3.63) is 28.8 Å². The zero-order valence-corrected chi connectivity index (χ0v) is 12.2. The molecule has 0 spiro atoms. The Morgan fingerprint density at radius 1 is 1.05 bits per heavy atom. The maximum atomic E-state index is 10.6. The lowest BCUT2D eigenvalue weighted by atomic mass is 9.48. The van der Waals surface area contributed by atoms with E-state index in [-0.39, 0.29) is 12.0 Å². The minimum absolute atomic E-state index is 0.0626. The van der Waals surface area contributed by atoms with Crippen molar-refractivity contribution in [1.82, 2.24) is 0 Å². The minimum atomic E-state index is -0.0626. The van der Waals surface area contributed by atoms with Crippen LogP contribution in [0.2, 0.25) is 0 Å². The Kier molecular flexibility index (Phi) is 2.69. The van der Waals surface area contributed by atoms with Crippen molar-refractivity contribution in [2.45, 2.75) is 57.5 Å². The molecule has 4 bridgehead atoms. The molecule has 1 aromatic carbocycles. The lowest BCUT2D eigenvalue weighted by Gasteiger charge is -2.57. The monoisotopic (exact) mass is 272 g/mol. The second-order valence-electron chi connectivity index (χ2n) is 7.68. The van der Waals surface area contributed by atoms with Crippen LogP contribution < -0.4 is 0 Å².